The SMILES string of the molecule is CCCCCCCCCCOC(=O)c1cc2ccccc2[nH]1. The van der Waals surface area contributed by atoms with Gasteiger partial charge in [-0.15, -0.1) is 0 Å². The van der Waals surface area contributed by atoms with Gasteiger partial charge in [-0.2, -0.15) is 0 Å². The molecule has 120 valence electrons. The van der Waals surface area contributed by atoms with Crippen LogP contribution in [-0.4, -0.2) is 17.6 Å². The Labute approximate surface area is 133 Å². The fraction of sp³-hybridized carbons (Fsp3) is 0.526. The fourth-order valence-corrected chi connectivity index (χ4v) is 2.66. The Balaban J connectivity index is 1.60. The zero-order valence-corrected chi connectivity index (χ0v) is 13.6. The molecular weight excluding hydrogens is 274 g/mol. The Morgan fingerprint density at radius 1 is 1.00 bits per heavy atom. The number of esters is 1. The molecule has 0 fully saturated rings. The van der Waals surface area contributed by atoms with Gasteiger partial charge in [0.1, 0.15) is 5.69 Å². The molecule has 0 bridgehead atoms. The van der Waals surface area contributed by atoms with Crippen LogP contribution in [0.25, 0.3) is 10.9 Å². The minimum atomic E-state index is -0.251. The molecule has 0 aliphatic carbocycles. The Kier molecular flexibility index (Phi) is 7.01. The van der Waals surface area contributed by atoms with Gasteiger partial charge in [0.15, 0.2) is 0 Å². The molecule has 0 unspecified atom stereocenters. The first-order valence-electron chi connectivity index (χ1n) is 8.56. The molecule has 0 spiro atoms. The average molecular weight is 301 g/mol. The van der Waals surface area contributed by atoms with Crippen molar-refractivity contribution in [3.8, 4) is 0 Å². The van der Waals surface area contributed by atoms with Crippen molar-refractivity contribution in [3.05, 3.63) is 36.0 Å². The van der Waals surface area contributed by atoms with Gasteiger partial charge in [0.25, 0.3) is 0 Å². The van der Waals surface area contributed by atoms with Crippen LogP contribution in [0.4, 0.5) is 0 Å². The summed E-state index contributed by atoms with van der Waals surface area (Å²) in [5, 5.41) is 1.04. The van der Waals surface area contributed by atoms with Gasteiger partial charge in [0, 0.05) is 10.9 Å². The van der Waals surface area contributed by atoms with E-state index >= 15 is 0 Å². The van der Waals surface area contributed by atoms with Gasteiger partial charge in [-0.05, 0) is 18.6 Å². The molecule has 0 saturated carbocycles. The van der Waals surface area contributed by atoms with Crippen LogP contribution in [-0.2, 0) is 4.74 Å². The van der Waals surface area contributed by atoms with E-state index in [0.29, 0.717) is 12.3 Å². The number of ether oxygens (including phenoxy) is 1. The van der Waals surface area contributed by atoms with Crippen molar-refractivity contribution in [1.29, 1.82) is 0 Å². The number of hydrogen-bond donors (Lipinski definition) is 1. The first kappa shape index (κ1) is 16.6. The Hall–Kier alpha value is -1.77. The van der Waals surface area contributed by atoms with E-state index in [4.69, 9.17) is 4.74 Å². The van der Waals surface area contributed by atoms with Crippen LogP contribution in [0.5, 0.6) is 0 Å². The van der Waals surface area contributed by atoms with E-state index in [1.165, 1.54) is 38.5 Å². The van der Waals surface area contributed by atoms with Gasteiger partial charge in [0.2, 0.25) is 0 Å². The minimum Gasteiger partial charge on any atom is -0.461 e. The number of benzene rings is 1. The van der Waals surface area contributed by atoms with Crippen molar-refractivity contribution >= 4 is 16.9 Å². The van der Waals surface area contributed by atoms with E-state index in [9.17, 15) is 4.79 Å². The predicted octanol–water partition coefficient (Wildman–Crippen LogP) is 5.47. The molecule has 2 aromatic rings. The summed E-state index contributed by atoms with van der Waals surface area (Å²) in [6.45, 7) is 2.75. The smallest absolute Gasteiger partial charge is 0.354 e. The van der Waals surface area contributed by atoms with Crippen LogP contribution in [0.1, 0.15) is 68.8 Å². The average Bonchev–Trinajstić information content (AvgIpc) is 2.97. The summed E-state index contributed by atoms with van der Waals surface area (Å²) in [4.78, 5) is 15.1. The largest absolute Gasteiger partial charge is 0.461 e. The number of aromatic amines is 1. The highest BCUT2D eigenvalue weighted by atomic mass is 16.5. The van der Waals surface area contributed by atoms with Gasteiger partial charge < -0.3 is 9.72 Å². The summed E-state index contributed by atoms with van der Waals surface area (Å²) in [5.41, 5.74) is 1.52. The standard InChI is InChI=1S/C19H27NO2/c1-2-3-4-5-6-7-8-11-14-22-19(21)18-15-16-12-9-10-13-17(16)20-18/h9-10,12-13,15,20H,2-8,11,14H2,1H3. The number of carbonyl (C=O) groups is 1. The summed E-state index contributed by atoms with van der Waals surface area (Å²) in [6.07, 6.45) is 9.98. The highest BCUT2D eigenvalue weighted by Gasteiger charge is 2.10. The molecule has 0 saturated heterocycles. The van der Waals surface area contributed by atoms with Crippen LogP contribution in [0.15, 0.2) is 30.3 Å². The maximum absolute atomic E-state index is 12.0. The van der Waals surface area contributed by atoms with Crippen molar-refractivity contribution in [2.24, 2.45) is 0 Å². The molecule has 1 N–H and O–H groups in total. The van der Waals surface area contributed by atoms with Gasteiger partial charge in [0.05, 0.1) is 6.61 Å². The van der Waals surface area contributed by atoms with Crippen molar-refractivity contribution in [2.75, 3.05) is 6.61 Å². The van der Waals surface area contributed by atoms with Crippen LogP contribution in [0, 0.1) is 0 Å². The molecule has 0 amide bonds. The summed E-state index contributed by atoms with van der Waals surface area (Å²) >= 11 is 0. The highest BCUT2D eigenvalue weighted by molar-refractivity contribution is 5.94. The summed E-state index contributed by atoms with van der Waals surface area (Å²) in [5.74, 6) is -0.251. The number of fused-ring (bicyclic) bond motifs is 1. The topological polar surface area (TPSA) is 42.1 Å². The fourth-order valence-electron chi connectivity index (χ4n) is 2.66. The number of aromatic nitrogens is 1. The Morgan fingerprint density at radius 3 is 2.41 bits per heavy atom. The molecule has 0 aliphatic heterocycles. The van der Waals surface area contributed by atoms with Crippen molar-refractivity contribution in [2.45, 2.75) is 58.3 Å². The molecule has 0 atom stereocenters. The molecule has 3 heteroatoms. The predicted molar refractivity (Wildman–Crippen MR) is 91.2 cm³/mol. The molecule has 1 aromatic carbocycles. The third kappa shape index (κ3) is 5.21. The van der Waals surface area contributed by atoms with Crippen LogP contribution >= 0.6 is 0 Å². The number of rotatable bonds is 10. The summed E-state index contributed by atoms with van der Waals surface area (Å²) in [6, 6.07) is 9.72. The number of hydrogen-bond acceptors (Lipinski definition) is 2. The second kappa shape index (κ2) is 9.29. The molecule has 1 heterocycles. The first-order valence-corrected chi connectivity index (χ1v) is 8.56. The van der Waals surface area contributed by atoms with Crippen molar-refractivity contribution in [3.63, 3.8) is 0 Å². The summed E-state index contributed by atoms with van der Waals surface area (Å²) < 4.78 is 5.33. The maximum atomic E-state index is 12.0. The van der Waals surface area contributed by atoms with Gasteiger partial charge in [-0.25, -0.2) is 4.79 Å². The molecular formula is C19H27NO2. The number of H-pyrrole nitrogens is 1. The molecule has 0 aliphatic rings. The van der Waals surface area contributed by atoms with Crippen molar-refractivity contribution in [1.82, 2.24) is 4.98 Å². The minimum absolute atomic E-state index is 0.251. The normalized spacial score (nSPS) is 11.0. The van der Waals surface area contributed by atoms with Crippen LogP contribution < -0.4 is 0 Å². The first-order chi connectivity index (χ1) is 10.8. The molecule has 22 heavy (non-hydrogen) atoms. The van der Waals surface area contributed by atoms with Gasteiger partial charge in [-0.1, -0.05) is 70.1 Å². The number of nitrogens with one attached hydrogen (secondary N) is 1. The van der Waals surface area contributed by atoms with Gasteiger partial charge >= 0.3 is 5.97 Å². The number of unbranched alkanes of at least 4 members (excludes halogenated alkanes) is 7. The zero-order valence-electron chi connectivity index (χ0n) is 13.6. The maximum Gasteiger partial charge on any atom is 0.354 e. The Morgan fingerprint density at radius 2 is 1.68 bits per heavy atom. The number of para-hydroxylation sites is 1. The molecule has 1 aromatic heterocycles. The lowest BCUT2D eigenvalue weighted by atomic mass is 10.1. The molecule has 2 rings (SSSR count). The zero-order chi connectivity index (χ0) is 15.6. The molecule has 3 nitrogen and oxygen atoms in total. The lowest BCUT2D eigenvalue weighted by Gasteiger charge is -2.03. The van der Waals surface area contributed by atoms with Crippen LogP contribution in [0.3, 0.4) is 0 Å². The Bertz CT molecular complexity index is 541. The van der Waals surface area contributed by atoms with E-state index in [-0.39, 0.29) is 5.97 Å². The lowest BCUT2D eigenvalue weighted by molar-refractivity contribution is 0.0492. The van der Waals surface area contributed by atoms with E-state index in [2.05, 4.69) is 11.9 Å². The number of carbonyl (C=O) groups excluding carboxylic acids is 1. The van der Waals surface area contributed by atoms with E-state index in [1.54, 1.807) is 0 Å². The highest BCUT2D eigenvalue weighted by Crippen LogP contribution is 2.15. The third-order valence-corrected chi connectivity index (χ3v) is 3.98. The third-order valence-electron chi connectivity index (χ3n) is 3.98. The summed E-state index contributed by atoms with van der Waals surface area (Å²) in [7, 11) is 0. The second-order valence-electron chi connectivity index (χ2n) is 5.88. The van der Waals surface area contributed by atoms with E-state index < -0.39 is 0 Å². The quantitative estimate of drug-likeness (QED) is 0.467. The van der Waals surface area contributed by atoms with Gasteiger partial charge in [-0.3, -0.25) is 0 Å². The van der Waals surface area contributed by atoms with E-state index in [0.717, 1.165) is 23.7 Å². The lowest BCUT2D eigenvalue weighted by Crippen LogP contribution is -2.06. The second-order valence-corrected chi connectivity index (χ2v) is 5.88. The van der Waals surface area contributed by atoms with Crippen LogP contribution in [0.2, 0.25) is 0 Å². The monoisotopic (exact) mass is 301 g/mol. The molecule has 0 radical (unpaired) electrons. The van der Waals surface area contributed by atoms with E-state index in [1.807, 2.05) is 30.3 Å². The van der Waals surface area contributed by atoms with Crippen molar-refractivity contribution < 1.29 is 9.53 Å².